The summed E-state index contributed by atoms with van der Waals surface area (Å²) in [4.78, 5) is 10.7. The maximum atomic E-state index is 9.10. The van der Waals surface area contributed by atoms with E-state index >= 15 is 0 Å². The van der Waals surface area contributed by atoms with Crippen LogP contribution in [0.3, 0.4) is 0 Å². The predicted molar refractivity (Wildman–Crippen MR) is 74.7 cm³/mol. The van der Waals surface area contributed by atoms with Crippen molar-refractivity contribution in [2.75, 3.05) is 23.7 Å². The van der Waals surface area contributed by atoms with Gasteiger partial charge in [-0.15, -0.1) is 0 Å². The van der Waals surface area contributed by atoms with Crippen molar-refractivity contribution in [1.29, 1.82) is 5.26 Å². The van der Waals surface area contributed by atoms with Gasteiger partial charge >= 0.3 is 0 Å². The summed E-state index contributed by atoms with van der Waals surface area (Å²) in [5.41, 5.74) is 0.444. The molecule has 0 N–H and O–H groups in total. The molecule has 1 atom stereocenters. The zero-order valence-electron chi connectivity index (χ0n) is 10.7. The maximum absolute atomic E-state index is 9.10. The molecule has 1 unspecified atom stereocenters. The zero-order valence-corrected chi connectivity index (χ0v) is 11.5. The monoisotopic (exact) mass is 262 g/mol. The van der Waals surface area contributed by atoms with Crippen molar-refractivity contribution in [1.82, 2.24) is 9.97 Å². The molecule has 5 heteroatoms. The lowest BCUT2D eigenvalue weighted by molar-refractivity contribution is 0.735. The van der Waals surface area contributed by atoms with Crippen molar-refractivity contribution in [3.8, 4) is 6.07 Å². The van der Waals surface area contributed by atoms with E-state index in [0.717, 1.165) is 24.7 Å². The van der Waals surface area contributed by atoms with Gasteiger partial charge in [0.15, 0.2) is 11.5 Å². The molecule has 0 radical (unpaired) electrons. The fourth-order valence-corrected chi connectivity index (χ4v) is 3.40. The Bertz CT molecular complexity index is 429. The van der Waals surface area contributed by atoms with Gasteiger partial charge < -0.3 is 4.90 Å². The maximum Gasteiger partial charge on any atom is 0.183 e. The molecule has 18 heavy (non-hydrogen) atoms. The van der Waals surface area contributed by atoms with E-state index in [1.807, 2.05) is 11.8 Å². The molecule has 1 saturated heterocycles. The minimum atomic E-state index is 0.444. The highest BCUT2D eigenvalue weighted by Crippen LogP contribution is 2.25. The first-order valence-corrected chi connectivity index (χ1v) is 7.47. The second-order valence-electron chi connectivity index (χ2n) is 4.36. The number of thioether (sulfide) groups is 1. The molecule has 1 aliphatic heterocycles. The molecule has 2 rings (SSSR count). The Kier molecular flexibility index (Phi) is 4.82. The Labute approximate surface area is 112 Å². The van der Waals surface area contributed by atoms with E-state index in [1.165, 1.54) is 19.3 Å². The summed E-state index contributed by atoms with van der Waals surface area (Å²) in [6.45, 7) is 4.16. The average molecular weight is 262 g/mol. The number of nitriles is 1. The second kappa shape index (κ2) is 6.60. The molecule has 96 valence electrons. The Morgan fingerprint density at radius 1 is 1.44 bits per heavy atom. The van der Waals surface area contributed by atoms with Crippen molar-refractivity contribution in [2.24, 2.45) is 0 Å². The summed E-state index contributed by atoms with van der Waals surface area (Å²) in [6.07, 6.45) is 6.94. The zero-order chi connectivity index (χ0) is 12.8. The molecule has 4 nitrogen and oxygen atoms in total. The molecular formula is C13H18N4S. The highest BCUT2D eigenvalue weighted by molar-refractivity contribution is 7.99. The summed E-state index contributed by atoms with van der Waals surface area (Å²) in [6, 6.07) is 2.14. The number of aromatic nitrogens is 2. The largest absolute Gasteiger partial charge is 0.353 e. The number of hydrogen-bond acceptors (Lipinski definition) is 5. The Balaban J connectivity index is 2.17. The Morgan fingerprint density at radius 3 is 3.06 bits per heavy atom. The van der Waals surface area contributed by atoms with Crippen molar-refractivity contribution in [2.45, 2.75) is 31.4 Å². The molecule has 0 aliphatic carbocycles. The van der Waals surface area contributed by atoms with E-state index in [2.05, 4.69) is 27.9 Å². The third kappa shape index (κ3) is 3.14. The van der Waals surface area contributed by atoms with Crippen molar-refractivity contribution >= 4 is 17.6 Å². The van der Waals surface area contributed by atoms with Crippen molar-refractivity contribution < 1.29 is 0 Å². The molecule has 0 bridgehead atoms. The fraction of sp³-hybridized carbons (Fsp3) is 0.615. The molecule has 1 aromatic rings. The van der Waals surface area contributed by atoms with Crippen LogP contribution in [-0.4, -0.2) is 34.1 Å². The lowest BCUT2D eigenvalue weighted by atomic mass is 10.2. The van der Waals surface area contributed by atoms with Crippen LogP contribution in [0.15, 0.2) is 12.4 Å². The van der Waals surface area contributed by atoms with Crippen LogP contribution in [0, 0.1) is 11.3 Å². The van der Waals surface area contributed by atoms with Crippen LogP contribution >= 0.6 is 11.8 Å². The molecule has 1 fully saturated rings. The minimum absolute atomic E-state index is 0.444. The number of rotatable bonds is 3. The van der Waals surface area contributed by atoms with Gasteiger partial charge in [-0.3, -0.25) is 0 Å². The second-order valence-corrected chi connectivity index (χ2v) is 5.94. The van der Waals surface area contributed by atoms with Gasteiger partial charge in [-0.2, -0.15) is 17.0 Å². The molecule has 2 heterocycles. The summed E-state index contributed by atoms with van der Waals surface area (Å²) in [7, 11) is 0. The predicted octanol–water partition coefficient (Wildman–Crippen LogP) is 2.46. The fourth-order valence-electron chi connectivity index (χ4n) is 2.31. The quantitative estimate of drug-likeness (QED) is 0.837. The topological polar surface area (TPSA) is 52.8 Å². The molecule has 1 aromatic heterocycles. The first kappa shape index (κ1) is 13.2. The average Bonchev–Trinajstić information content (AvgIpc) is 2.65. The summed E-state index contributed by atoms with van der Waals surface area (Å²) < 4.78 is 0. The molecule has 0 saturated carbocycles. The van der Waals surface area contributed by atoms with E-state index in [1.54, 1.807) is 12.4 Å². The van der Waals surface area contributed by atoms with Crippen LogP contribution in [0.1, 0.15) is 31.9 Å². The van der Waals surface area contributed by atoms with Gasteiger partial charge in [-0.1, -0.05) is 13.3 Å². The normalized spacial score (nSPS) is 20.2. The van der Waals surface area contributed by atoms with Gasteiger partial charge in [0, 0.05) is 30.7 Å². The van der Waals surface area contributed by atoms with Gasteiger partial charge in [0.05, 0.1) is 0 Å². The van der Waals surface area contributed by atoms with Gasteiger partial charge in [-0.25, -0.2) is 9.97 Å². The Hall–Kier alpha value is -1.28. The highest BCUT2D eigenvalue weighted by atomic mass is 32.2. The van der Waals surface area contributed by atoms with Crippen LogP contribution in [0.4, 0.5) is 5.82 Å². The SMILES string of the molecule is CCSC1CCCCN(c2nccnc2C#N)C1. The van der Waals surface area contributed by atoms with Gasteiger partial charge in [0.2, 0.25) is 0 Å². The molecule has 1 aliphatic rings. The van der Waals surface area contributed by atoms with Crippen LogP contribution in [0.5, 0.6) is 0 Å². The van der Waals surface area contributed by atoms with Crippen LogP contribution in [-0.2, 0) is 0 Å². The van der Waals surface area contributed by atoms with Crippen molar-refractivity contribution in [3.05, 3.63) is 18.1 Å². The molecule has 0 amide bonds. The lowest BCUT2D eigenvalue weighted by Gasteiger charge is -2.25. The van der Waals surface area contributed by atoms with E-state index in [4.69, 9.17) is 5.26 Å². The number of anilines is 1. The lowest BCUT2D eigenvalue weighted by Crippen LogP contribution is -2.31. The highest BCUT2D eigenvalue weighted by Gasteiger charge is 2.21. The minimum Gasteiger partial charge on any atom is -0.353 e. The molecular weight excluding hydrogens is 244 g/mol. The molecule has 0 spiro atoms. The van der Waals surface area contributed by atoms with E-state index < -0.39 is 0 Å². The third-order valence-corrected chi connectivity index (χ3v) is 4.30. The van der Waals surface area contributed by atoms with E-state index in [-0.39, 0.29) is 0 Å². The summed E-state index contributed by atoms with van der Waals surface area (Å²) in [5.74, 6) is 1.90. The van der Waals surface area contributed by atoms with Gasteiger partial charge in [0.1, 0.15) is 6.07 Å². The van der Waals surface area contributed by atoms with Crippen LogP contribution in [0.25, 0.3) is 0 Å². The third-order valence-electron chi connectivity index (χ3n) is 3.11. The first-order valence-electron chi connectivity index (χ1n) is 6.42. The Morgan fingerprint density at radius 2 is 2.28 bits per heavy atom. The standard InChI is InChI=1S/C13H18N4S/c1-2-18-11-5-3-4-8-17(10-11)13-12(9-14)15-6-7-16-13/h6-7,11H,2-5,8,10H2,1H3. The summed E-state index contributed by atoms with van der Waals surface area (Å²) in [5, 5.41) is 9.75. The van der Waals surface area contributed by atoms with Gasteiger partial charge in [0.25, 0.3) is 0 Å². The van der Waals surface area contributed by atoms with E-state index in [9.17, 15) is 0 Å². The van der Waals surface area contributed by atoms with E-state index in [0.29, 0.717) is 10.9 Å². The summed E-state index contributed by atoms with van der Waals surface area (Å²) >= 11 is 2.00. The molecule has 0 aromatic carbocycles. The smallest absolute Gasteiger partial charge is 0.183 e. The first-order chi connectivity index (χ1) is 8.85. The van der Waals surface area contributed by atoms with Gasteiger partial charge in [-0.05, 0) is 18.6 Å². The number of hydrogen-bond donors (Lipinski definition) is 0. The van der Waals surface area contributed by atoms with Crippen LogP contribution < -0.4 is 4.90 Å². The number of nitrogens with zero attached hydrogens (tertiary/aromatic N) is 4. The van der Waals surface area contributed by atoms with Crippen LogP contribution in [0.2, 0.25) is 0 Å². The van der Waals surface area contributed by atoms with Crippen molar-refractivity contribution in [3.63, 3.8) is 0 Å².